The van der Waals surface area contributed by atoms with Gasteiger partial charge in [-0.25, -0.2) is 0 Å². The first-order valence-electron chi connectivity index (χ1n) is 10.4. The normalized spacial score (nSPS) is 14.5. The van der Waals surface area contributed by atoms with Crippen molar-refractivity contribution in [2.24, 2.45) is 4.99 Å². The van der Waals surface area contributed by atoms with Crippen LogP contribution in [0.5, 0.6) is 0 Å². The summed E-state index contributed by atoms with van der Waals surface area (Å²) >= 11 is 0. The molecular formula is C20H33IN6O3. The average Bonchev–Trinajstić information content (AvgIpc) is 2.92. The van der Waals surface area contributed by atoms with Crippen LogP contribution in [-0.4, -0.2) is 61.0 Å². The SMILES string of the molecule is CCNC(=NCCCN1CCCCCC1=O)NCCNc1ccccc1[N+](=O)[O-].I. The van der Waals surface area contributed by atoms with E-state index in [1.807, 2.05) is 11.8 Å². The molecule has 9 nitrogen and oxygen atoms in total. The fraction of sp³-hybridized carbons (Fsp3) is 0.600. The molecule has 168 valence electrons. The number of aliphatic imine (C=N–C) groups is 1. The van der Waals surface area contributed by atoms with Crippen LogP contribution in [0.15, 0.2) is 29.3 Å². The van der Waals surface area contributed by atoms with Crippen molar-refractivity contribution in [3.05, 3.63) is 34.4 Å². The zero-order valence-corrected chi connectivity index (χ0v) is 19.9. The van der Waals surface area contributed by atoms with Gasteiger partial charge in [0.05, 0.1) is 4.92 Å². The third-order valence-corrected chi connectivity index (χ3v) is 4.71. The van der Waals surface area contributed by atoms with Gasteiger partial charge in [0, 0.05) is 51.8 Å². The number of nitrogens with one attached hydrogen (secondary N) is 3. The summed E-state index contributed by atoms with van der Waals surface area (Å²) in [5.41, 5.74) is 0.569. The van der Waals surface area contributed by atoms with Crippen molar-refractivity contribution >= 4 is 47.2 Å². The number of para-hydroxylation sites is 2. The number of nitrogens with zero attached hydrogens (tertiary/aromatic N) is 3. The molecule has 1 amide bonds. The number of nitro benzene ring substituents is 1. The van der Waals surface area contributed by atoms with E-state index in [4.69, 9.17) is 0 Å². The Labute approximate surface area is 195 Å². The number of hydrogen-bond acceptors (Lipinski definition) is 5. The largest absolute Gasteiger partial charge is 0.378 e. The summed E-state index contributed by atoms with van der Waals surface area (Å²) < 4.78 is 0. The number of hydrogen-bond donors (Lipinski definition) is 3. The fourth-order valence-electron chi connectivity index (χ4n) is 3.23. The van der Waals surface area contributed by atoms with E-state index in [0.717, 1.165) is 45.3 Å². The molecule has 0 spiro atoms. The Morgan fingerprint density at radius 1 is 1.20 bits per heavy atom. The predicted octanol–water partition coefficient (Wildman–Crippen LogP) is 2.97. The molecule has 0 atom stereocenters. The van der Waals surface area contributed by atoms with Crippen molar-refractivity contribution in [2.45, 2.75) is 39.0 Å². The van der Waals surface area contributed by atoms with Gasteiger partial charge in [0.15, 0.2) is 5.96 Å². The summed E-state index contributed by atoms with van der Waals surface area (Å²) in [5, 5.41) is 20.5. The monoisotopic (exact) mass is 532 g/mol. The lowest BCUT2D eigenvalue weighted by atomic mass is 10.2. The summed E-state index contributed by atoms with van der Waals surface area (Å²) in [5.74, 6) is 0.969. The van der Waals surface area contributed by atoms with E-state index in [9.17, 15) is 14.9 Å². The number of carbonyl (C=O) groups is 1. The average molecular weight is 532 g/mol. The number of nitro groups is 1. The highest BCUT2D eigenvalue weighted by atomic mass is 127. The van der Waals surface area contributed by atoms with E-state index >= 15 is 0 Å². The number of carbonyl (C=O) groups excluding carboxylic acids is 1. The van der Waals surface area contributed by atoms with Gasteiger partial charge in [0.2, 0.25) is 5.91 Å². The van der Waals surface area contributed by atoms with Crippen LogP contribution >= 0.6 is 24.0 Å². The predicted molar refractivity (Wildman–Crippen MR) is 131 cm³/mol. The van der Waals surface area contributed by atoms with Crippen LogP contribution in [0.3, 0.4) is 0 Å². The second kappa shape index (κ2) is 14.8. The molecule has 1 heterocycles. The third-order valence-electron chi connectivity index (χ3n) is 4.71. The Hall–Kier alpha value is -2.11. The van der Waals surface area contributed by atoms with E-state index in [0.29, 0.717) is 37.7 Å². The molecule has 0 bridgehead atoms. The van der Waals surface area contributed by atoms with E-state index < -0.39 is 4.92 Å². The number of anilines is 1. The Morgan fingerprint density at radius 3 is 2.77 bits per heavy atom. The summed E-state index contributed by atoms with van der Waals surface area (Å²) in [6, 6.07) is 6.60. The minimum Gasteiger partial charge on any atom is -0.378 e. The van der Waals surface area contributed by atoms with Gasteiger partial charge in [-0.3, -0.25) is 19.9 Å². The molecule has 10 heteroatoms. The van der Waals surface area contributed by atoms with Gasteiger partial charge in [-0.05, 0) is 32.3 Å². The lowest BCUT2D eigenvalue weighted by Gasteiger charge is -2.20. The van der Waals surface area contributed by atoms with Gasteiger partial charge in [-0.2, -0.15) is 0 Å². The van der Waals surface area contributed by atoms with Crippen molar-refractivity contribution in [2.75, 3.05) is 44.6 Å². The molecule has 1 saturated heterocycles. The first-order valence-corrected chi connectivity index (χ1v) is 10.4. The molecule has 1 aliphatic rings. The maximum Gasteiger partial charge on any atom is 0.292 e. The van der Waals surface area contributed by atoms with Crippen LogP contribution in [0.4, 0.5) is 11.4 Å². The maximum atomic E-state index is 12.0. The van der Waals surface area contributed by atoms with Crippen molar-refractivity contribution < 1.29 is 9.72 Å². The molecule has 1 aliphatic heterocycles. The Kier molecular flexibility index (Phi) is 12.8. The Bertz CT molecular complexity index is 701. The maximum absolute atomic E-state index is 12.0. The molecule has 1 aromatic rings. The Balaban J connectivity index is 0.00000450. The first-order chi connectivity index (χ1) is 14.1. The summed E-state index contributed by atoms with van der Waals surface area (Å²) in [4.78, 5) is 29.2. The molecule has 0 aromatic heterocycles. The minimum atomic E-state index is -0.393. The third kappa shape index (κ3) is 9.14. The molecule has 30 heavy (non-hydrogen) atoms. The van der Waals surface area contributed by atoms with E-state index in [-0.39, 0.29) is 35.6 Å². The summed E-state index contributed by atoms with van der Waals surface area (Å²) in [6.07, 6.45) is 4.72. The van der Waals surface area contributed by atoms with Gasteiger partial charge in [-0.1, -0.05) is 18.6 Å². The summed E-state index contributed by atoms with van der Waals surface area (Å²) in [7, 11) is 0. The van der Waals surface area contributed by atoms with Crippen LogP contribution in [0.25, 0.3) is 0 Å². The molecule has 3 N–H and O–H groups in total. The smallest absolute Gasteiger partial charge is 0.292 e. The molecule has 0 radical (unpaired) electrons. The van der Waals surface area contributed by atoms with Gasteiger partial charge < -0.3 is 20.9 Å². The molecule has 1 fully saturated rings. The minimum absolute atomic E-state index is 0. The van der Waals surface area contributed by atoms with Crippen LogP contribution < -0.4 is 16.0 Å². The summed E-state index contributed by atoms with van der Waals surface area (Å²) in [6.45, 7) is 6.09. The zero-order chi connectivity index (χ0) is 20.9. The number of benzene rings is 1. The number of rotatable bonds is 10. The van der Waals surface area contributed by atoms with E-state index in [1.54, 1.807) is 18.2 Å². The standard InChI is InChI=1S/C20H32N6O3.HI/c1-2-21-20(23-12-8-16-25-15-7-3-4-11-19(25)27)24-14-13-22-17-9-5-6-10-18(17)26(28)29;/h5-6,9-10,22H,2-4,7-8,11-16H2,1H3,(H2,21,23,24);1H. The van der Waals surface area contributed by atoms with Gasteiger partial charge in [-0.15, -0.1) is 24.0 Å². The van der Waals surface area contributed by atoms with Crippen molar-refractivity contribution in [1.82, 2.24) is 15.5 Å². The van der Waals surface area contributed by atoms with Crippen LogP contribution in [0.1, 0.15) is 39.0 Å². The van der Waals surface area contributed by atoms with Crippen LogP contribution in [0, 0.1) is 10.1 Å². The second-order valence-corrected chi connectivity index (χ2v) is 6.93. The second-order valence-electron chi connectivity index (χ2n) is 6.93. The highest BCUT2D eigenvalue weighted by Gasteiger charge is 2.15. The molecule has 2 rings (SSSR count). The number of amides is 1. The van der Waals surface area contributed by atoms with Crippen LogP contribution in [0.2, 0.25) is 0 Å². The zero-order valence-electron chi connectivity index (χ0n) is 17.6. The topological polar surface area (TPSA) is 112 Å². The quantitative estimate of drug-likeness (QED) is 0.107. The molecule has 0 unspecified atom stereocenters. The molecule has 0 aliphatic carbocycles. The van der Waals surface area contributed by atoms with E-state index in [2.05, 4.69) is 20.9 Å². The van der Waals surface area contributed by atoms with E-state index in [1.165, 1.54) is 6.07 Å². The fourth-order valence-corrected chi connectivity index (χ4v) is 3.23. The highest BCUT2D eigenvalue weighted by molar-refractivity contribution is 14.0. The molecule has 1 aromatic carbocycles. The van der Waals surface area contributed by atoms with Gasteiger partial charge in [0.1, 0.15) is 5.69 Å². The van der Waals surface area contributed by atoms with Crippen LogP contribution in [-0.2, 0) is 4.79 Å². The lowest BCUT2D eigenvalue weighted by molar-refractivity contribution is -0.384. The molecule has 0 saturated carbocycles. The number of halogens is 1. The highest BCUT2D eigenvalue weighted by Crippen LogP contribution is 2.22. The van der Waals surface area contributed by atoms with Crippen molar-refractivity contribution in [3.8, 4) is 0 Å². The molecular weight excluding hydrogens is 499 g/mol. The van der Waals surface area contributed by atoms with Crippen molar-refractivity contribution in [3.63, 3.8) is 0 Å². The number of guanidine groups is 1. The lowest BCUT2D eigenvalue weighted by Crippen LogP contribution is -2.39. The van der Waals surface area contributed by atoms with Gasteiger partial charge in [0.25, 0.3) is 5.69 Å². The van der Waals surface area contributed by atoms with Crippen molar-refractivity contribution in [1.29, 1.82) is 0 Å². The number of likely N-dealkylation sites (tertiary alicyclic amines) is 1. The Morgan fingerprint density at radius 2 is 2.00 bits per heavy atom. The van der Waals surface area contributed by atoms with Gasteiger partial charge >= 0.3 is 0 Å². The first kappa shape index (κ1) is 25.9.